The normalized spacial score (nSPS) is 20.4. The standard InChI is InChI=1S/C26H32N2O2/c1-3-30-26(29)21-11-8-16-28(19-21)17-9-14-23-22-12-5-4-10-20(22)18-27(2)25-15-7-6-13-24(23)25/h4-7,10,12-15,21H,3,8-9,11,16-19H2,1-2H3/t21-/m1/s1. The van der Waals surface area contributed by atoms with Crippen LogP contribution in [0.4, 0.5) is 5.69 Å². The van der Waals surface area contributed by atoms with Crippen molar-refractivity contribution in [2.75, 3.05) is 38.2 Å². The molecule has 0 N–H and O–H groups in total. The average Bonchev–Trinajstić information content (AvgIpc) is 2.89. The zero-order chi connectivity index (χ0) is 20.9. The van der Waals surface area contributed by atoms with E-state index in [1.165, 1.54) is 28.0 Å². The van der Waals surface area contributed by atoms with Gasteiger partial charge < -0.3 is 14.5 Å². The van der Waals surface area contributed by atoms with Crippen molar-refractivity contribution in [3.8, 4) is 0 Å². The molecule has 0 unspecified atom stereocenters. The molecule has 2 heterocycles. The van der Waals surface area contributed by atoms with Crippen LogP contribution in [-0.2, 0) is 16.1 Å². The summed E-state index contributed by atoms with van der Waals surface area (Å²) < 4.78 is 5.25. The molecule has 0 bridgehead atoms. The summed E-state index contributed by atoms with van der Waals surface area (Å²) in [6.07, 6.45) is 5.38. The highest BCUT2D eigenvalue weighted by Gasteiger charge is 2.26. The van der Waals surface area contributed by atoms with Gasteiger partial charge in [-0.3, -0.25) is 4.79 Å². The number of fused-ring (bicyclic) bond motifs is 2. The molecule has 0 spiro atoms. The van der Waals surface area contributed by atoms with Crippen molar-refractivity contribution in [1.29, 1.82) is 0 Å². The number of esters is 1. The number of hydrogen-bond acceptors (Lipinski definition) is 4. The summed E-state index contributed by atoms with van der Waals surface area (Å²) in [5, 5.41) is 0. The van der Waals surface area contributed by atoms with Crippen LogP contribution in [0.3, 0.4) is 0 Å². The second-order valence-corrected chi connectivity index (χ2v) is 8.33. The molecular weight excluding hydrogens is 372 g/mol. The zero-order valence-electron chi connectivity index (χ0n) is 18.1. The van der Waals surface area contributed by atoms with Gasteiger partial charge in [0.25, 0.3) is 0 Å². The molecule has 2 aromatic rings. The minimum atomic E-state index is -0.0322. The van der Waals surface area contributed by atoms with Gasteiger partial charge in [0.05, 0.1) is 12.5 Å². The molecule has 0 aromatic heterocycles. The van der Waals surface area contributed by atoms with E-state index in [9.17, 15) is 4.79 Å². The highest BCUT2D eigenvalue weighted by atomic mass is 16.5. The lowest BCUT2D eigenvalue weighted by Gasteiger charge is -2.31. The van der Waals surface area contributed by atoms with Crippen molar-refractivity contribution in [2.45, 2.75) is 32.7 Å². The van der Waals surface area contributed by atoms with Crippen molar-refractivity contribution in [1.82, 2.24) is 4.90 Å². The summed E-state index contributed by atoms with van der Waals surface area (Å²) in [7, 11) is 2.17. The molecule has 158 valence electrons. The maximum absolute atomic E-state index is 12.1. The van der Waals surface area contributed by atoms with Gasteiger partial charge in [-0.05, 0) is 55.5 Å². The van der Waals surface area contributed by atoms with E-state index >= 15 is 0 Å². The van der Waals surface area contributed by atoms with Crippen molar-refractivity contribution >= 4 is 17.2 Å². The predicted molar refractivity (Wildman–Crippen MR) is 122 cm³/mol. The van der Waals surface area contributed by atoms with Crippen LogP contribution in [0.1, 0.15) is 42.9 Å². The number of benzene rings is 2. The van der Waals surface area contributed by atoms with Gasteiger partial charge in [0, 0.05) is 37.9 Å². The number of carbonyl (C=O) groups excluding carboxylic acids is 1. The van der Waals surface area contributed by atoms with E-state index in [2.05, 4.69) is 71.5 Å². The molecule has 4 rings (SSSR count). The molecule has 1 atom stereocenters. The quantitative estimate of drug-likeness (QED) is 0.675. The molecule has 30 heavy (non-hydrogen) atoms. The first-order chi connectivity index (χ1) is 14.7. The van der Waals surface area contributed by atoms with E-state index in [1.807, 2.05) is 6.92 Å². The van der Waals surface area contributed by atoms with Crippen LogP contribution in [0, 0.1) is 5.92 Å². The van der Waals surface area contributed by atoms with E-state index in [0.717, 1.165) is 45.4 Å². The number of ether oxygens (including phenoxy) is 1. The third-order valence-electron chi connectivity index (χ3n) is 6.24. The summed E-state index contributed by atoms with van der Waals surface area (Å²) in [6, 6.07) is 17.4. The minimum Gasteiger partial charge on any atom is -0.466 e. The van der Waals surface area contributed by atoms with Crippen LogP contribution in [-0.4, -0.2) is 44.2 Å². The fraction of sp³-hybridized carbons (Fsp3) is 0.423. The van der Waals surface area contributed by atoms with Crippen LogP contribution in [0.5, 0.6) is 0 Å². The Balaban J connectivity index is 1.53. The Morgan fingerprint density at radius 2 is 1.90 bits per heavy atom. The highest BCUT2D eigenvalue weighted by molar-refractivity contribution is 5.89. The maximum atomic E-state index is 12.1. The number of piperidine rings is 1. The maximum Gasteiger partial charge on any atom is 0.310 e. The molecule has 2 aromatic carbocycles. The molecule has 0 radical (unpaired) electrons. The lowest BCUT2D eigenvalue weighted by Crippen LogP contribution is -2.39. The van der Waals surface area contributed by atoms with Crippen molar-refractivity contribution in [3.05, 3.63) is 71.3 Å². The van der Waals surface area contributed by atoms with Gasteiger partial charge in [-0.25, -0.2) is 0 Å². The van der Waals surface area contributed by atoms with Crippen molar-refractivity contribution in [3.63, 3.8) is 0 Å². The number of hydrogen-bond donors (Lipinski definition) is 0. The minimum absolute atomic E-state index is 0.0272. The fourth-order valence-electron chi connectivity index (χ4n) is 4.76. The van der Waals surface area contributed by atoms with E-state index < -0.39 is 0 Å². The van der Waals surface area contributed by atoms with Gasteiger partial charge in [-0.1, -0.05) is 48.5 Å². The molecule has 2 aliphatic rings. The Morgan fingerprint density at radius 3 is 2.73 bits per heavy atom. The Morgan fingerprint density at radius 1 is 1.13 bits per heavy atom. The number of likely N-dealkylation sites (tertiary alicyclic amines) is 1. The second-order valence-electron chi connectivity index (χ2n) is 8.33. The van der Waals surface area contributed by atoms with Gasteiger partial charge in [-0.2, -0.15) is 0 Å². The molecule has 0 amide bonds. The Bertz CT molecular complexity index is 921. The topological polar surface area (TPSA) is 32.8 Å². The van der Waals surface area contributed by atoms with Crippen LogP contribution in [0.2, 0.25) is 0 Å². The van der Waals surface area contributed by atoms with Gasteiger partial charge in [0.2, 0.25) is 0 Å². The van der Waals surface area contributed by atoms with Gasteiger partial charge in [0.1, 0.15) is 0 Å². The molecule has 1 saturated heterocycles. The lowest BCUT2D eigenvalue weighted by molar-refractivity contribution is -0.149. The Hall–Kier alpha value is -2.59. The van der Waals surface area contributed by atoms with Crippen LogP contribution in [0.25, 0.3) is 5.57 Å². The predicted octanol–water partition coefficient (Wildman–Crippen LogP) is 4.73. The highest BCUT2D eigenvalue weighted by Crippen LogP contribution is 2.37. The SMILES string of the molecule is CCOC(=O)[C@@H]1CCCN(CCC=C2c3ccccc3CN(C)c3ccccc32)C1. The first-order valence-corrected chi connectivity index (χ1v) is 11.2. The van der Waals surface area contributed by atoms with Crippen LogP contribution < -0.4 is 4.90 Å². The van der Waals surface area contributed by atoms with E-state index in [-0.39, 0.29) is 11.9 Å². The molecule has 2 aliphatic heterocycles. The van der Waals surface area contributed by atoms with Crippen molar-refractivity contribution in [2.24, 2.45) is 5.92 Å². The summed E-state index contributed by atoms with van der Waals surface area (Å²) in [6.45, 7) is 6.11. The van der Waals surface area contributed by atoms with Crippen LogP contribution >= 0.6 is 0 Å². The summed E-state index contributed by atoms with van der Waals surface area (Å²) in [4.78, 5) is 16.9. The monoisotopic (exact) mass is 404 g/mol. The van der Waals surface area contributed by atoms with Gasteiger partial charge in [0.15, 0.2) is 0 Å². The summed E-state index contributed by atoms with van der Waals surface area (Å²) >= 11 is 0. The van der Waals surface area contributed by atoms with Gasteiger partial charge >= 0.3 is 5.97 Å². The number of nitrogens with zero attached hydrogens (tertiary/aromatic N) is 2. The smallest absolute Gasteiger partial charge is 0.310 e. The third kappa shape index (κ3) is 4.44. The number of carbonyl (C=O) groups is 1. The van der Waals surface area contributed by atoms with E-state index in [4.69, 9.17) is 4.74 Å². The fourth-order valence-corrected chi connectivity index (χ4v) is 4.76. The Labute approximate surface area is 180 Å². The summed E-state index contributed by atoms with van der Waals surface area (Å²) in [5.74, 6) is -0.00505. The Kier molecular flexibility index (Phi) is 6.53. The first-order valence-electron chi connectivity index (χ1n) is 11.2. The molecule has 1 fully saturated rings. The van der Waals surface area contributed by atoms with Crippen LogP contribution in [0.15, 0.2) is 54.6 Å². The van der Waals surface area contributed by atoms with E-state index in [1.54, 1.807) is 0 Å². The molecule has 4 heteroatoms. The first kappa shape index (κ1) is 20.7. The molecule has 0 saturated carbocycles. The average molecular weight is 405 g/mol. The van der Waals surface area contributed by atoms with Crippen molar-refractivity contribution < 1.29 is 9.53 Å². The molecule has 0 aliphatic carbocycles. The lowest BCUT2D eigenvalue weighted by atomic mass is 9.93. The van der Waals surface area contributed by atoms with Gasteiger partial charge in [-0.15, -0.1) is 0 Å². The largest absolute Gasteiger partial charge is 0.466 e. The zero-order valence-corrected chi connectivity index (χ0v) is 18.1. The summed E-state index contributed by atoms with van der Waals surface area (Å²) in [5.41, 5.74) is 6.60. The second kappa shape index (κ2) is 9.48. The number of anilines is 1. The molecule has 4 nitrogen and oxygen atoms in total. The third-order valence-corrected chi connectivity index (χ3v) is 6.24. The number of para-hydroxylation sites is 1. The molecular formula is C26H32N2O2. The number of rotatable bonds is 5. The van der Waals surface area contributed by atoms with E-state index in [0.29, 0.717) is 6.61 Å².